The lowest BCUT2D eigenvalue weighted by molar-refractivity contribution is -0.119. The molecule has 19 heavy (non-hydrogen) atoms. The number of hydrogen-bond donors (Lipinski definition) is 1. The van der Waals surface area contributed by atoms with Gasteiger partial charge in [-0.05, 0) is 6.07 Å². The molecule has 1 aliphatic rings. The molecule has 1 aromatic rings. The topological polar surface area (TPSA) is 87.5 Å². The zero-order valence-corrected chi connectivity index (χ0v) is 10.6. The van der Waals surface area contributed by atoms with Crippen LogP contribution in [0.4, 0.5) is 10.6 Å². The number of hydrogen-bond acceptors (Lipinski definition) is 4. The van der Waals surface area contributed by atoms with Crippen molar-refractivity contribution in [1.29, 1.82) is 0 Å². The number of carbonyl (C=O) groups is 2. The molecule has 1 N–H and O–H groups in total. The second-order valence-corrected chi connectivity index (χ2v) is 4.26. The summed E-state index contributed by atoms with van der Waals surface area (Å²) >= 11 is 0. The highest BCUT2D eigenvalue weighted by molar-refractivity contribution is 5.88. The molecule has 2 heterocycles. The Morgan fingerprint density at radius 2 is 2.05 bits per heavy atom. The number of aryl methyl sites for hydroxylation is 1. The Balaban J connectivity index is 1.96. The molecule has 0 unspecified atom stereocenters. The van der Waals surface area contributed by atoms with Gasteiger partial charge in [-0.25, -0.2) is 9.59 Å². The minimum atomic E-state index is -0.427. The maximum atomic E-state index is 11.9. The van der Waals surface area contributed by atoms with Gasteiger partial charge in [0.2, 0.25) is 6.41 Å². The van der Waals surface area contributed by atoms with Crippen molar-refractivity contribution < 1.29 is 9.59 Å². The van der Waals surface area contributed by atoms with E-state index < -0.39 is 5.69 Å². The average molecular weight is 265 g/mol. The normalized spacial score (nSPS) is 15.2. The number of anilines is 1. The standard InChI is InChI=1S/C11H15N5O3/c1-14-3-2-9(12-10(14)18)13-11(19)16-6-4-15(8-17)5-7-16/h2-3,8H,4-7H2,1H3,(H,12,13,18,19). The van der Waals surface area contributed by atoms with Crippen molar-refractivity contribution in [2.24, 2.45) is 7.05 Å². The van der Waals surface area contributed by atoms with Crippen LogP contribution in [0.3, 0.4) is 0 Å². The number of urea groups is 1. The lowest BCUT2D eigenvalue weighted by atomic mass is 10.3. The van der Waals surface area contributed by atoms with E-state index in [-0.39, 0.29) is 11.8 Å². The Labute approximate surface area is 109 Å². The van der Waals surface area contributed by atoms with E-state index in [1.54, 1.807) is 22.9 Å². The van der Waals surface area contributed by atoms with E-state index in [1.807, 2.05) is 0 Å². The maximum absolute atomic E-state index is 11.9. The maximum Gasteiger partial charge on any atom is 0.349 e. The predicted molar refractivity (Wildman–Crippen MR) is 67.7 cm³/mol. The molecule has 0 aliphatic carbocycles. The van der Waals surface area contributed by atoms with Crippen molar-refractivity contribution >= 4 is 18.3 Å². The van der Waals surface area contributed by atoms with Gasteiger partial charge in [0.15, 0.2) is 0 Å². The van der Waals surface area contributed by atoms with Crippen LogP contribution in [0.2, 0.25) is 0 Å². The van der Waals surface area contributed by atoms with Gasteiger partial charge in [-0.3, -0.25) is 10.1 Å². The molecule has 0 atom stereocenters. The molecule has 3 amide bonds. The third-order valence-corrected chi connectivity index (χ3v) is 2.96. The molecule has 1 aromatic heterocycles. The lowest BCUT2D eigenvalue weighted by Crippen LogP contribution is -2.49. The van der Waals surface area contributed by atoms with Crippen molar-refractivity contribution in [2.45, 2.75) is 0 Å². The molecule has 0 aromatic carbocycles. The fourth-order valence-electron chi connectivity index (χ4n) is 1.75. The molecule has 2 rings (SSSR count). The highest BCUT2D eigenvalue weighted by atomic mass is 16.2. The van der Waals surface area contributed by atoms with Crippen molar-refractivity contribution in [3.05, 3.63) is 22.7 Å². The Hall–Kier alpha value is -2.38. The number of nitrogens with zero attached hydrogens (tertiary/aromatic N) is 4. The molecular weight excluding hydrogens is 250 g/mol. The lowest BCUT2D eigenvalue weighted by Gasteiger charge is -2.32. The van der Waals surface area contributed by atoms with Gasteiger partial charge in [-0.1, -0.05) is 0 Å². The summed E-state index contributed by atoms with van der Waals surface area (Å²) in [6.45, 7) is 1.96. The van der Waals surface area contributed by atoms with Gasteiger partial charge < -0.3 is 14.4 Å². The number of aromatic nitrogens is 2. The Bertz CT molecular complexity index is 533. The highest BCUT2D eigenvalue weighted by Crippen LogP contribution is 2.04. The number of rotatable bonds is 2. The molecule has 1 aliphatic heterocycles. The van der Waals surface area contributed by atoms with Crippen molar-refractivity contribution in [3.8, 4) is 0 Å². The third kappa shape index (κ3) is 3.09. The highest BCUT2D eigenvalue weighted by Gasteiger charge is 2.20. The zero-order chi connectivity index (χ0) is 13.8. The third-order valence-electron chi connectivity index (χ3n) is 2.96. The number of piperazine rings is 1. The summed E-state index contributed by atoms with van der Waals surface area (Å²) < 4.78 is 1.32. The van der Waals surface area contributed by atoms with Gasteiger partial charge in [0.25, 0.3) is 0 Å². The second-order valence-electron chi connectivity index (χ2n) is 4.26. The van der Waals surface area contributed by atoms with Crippen LogP contribution in [0, 0.1) is 0 Å². The molecule has 0 radical (unpaired) electrons. The fraction of sp³-hybridized carbons (Fsp3) is 0.455. The number of carbonyl (C=O) groups excluding carboxylic acids is 2. The smallest absolute Gasteiger partial charge is 0.342 e. The first-order chi connectivity index (χ1) is 9.10. The van der Waals surface area contributed by atoms with E-state index in [9.17, 15) is 14.4 Å². The van der Waals surface area contributed by atoms with Gasteiger partial charge in [-0.15, -0.1) is 0 Å². The summed E-state index contributed by atoms with van der Waals surface area (Å²) in [5.41, 5.74) is -0.427. The average Bonchev–Trinajstić information content (AvgIpc) is 2.43. The summed E-state index contributed by atoms with van der Waals surface area (Å²) in [6.07, 6.45) is 2.31. The monoisotopic (exact) mass is 265 g/mol. The van der Waals surface area contributed by atoms with Crippen LogP contribution in [-0.4, -0.2) is 58.0 Å². The van der Waals surface area contributed by atoms with Gasteiger partial charge in [-0.2, -0.15) is 4.98 Å². The fourth-order valence-corrected chi connectivity index (χ4v) is 1.75. The molecule has 0 saturated carbocycles. The summed E-state index contributed by atoms with van der Waals surface area (Å²) in [6, 6.07) is 1.24. The first-order valence-electron chi connectivity index (χ1n) is 5.89. The second kappa shape index (κ2) is 5.51. The first-order valence-corrected chi connectivity index (χ1v) is 5.89. The first kappa shape index (κ1) is 13.1. The van der Waals surface area contributed by atoms with Crippen molar-refractivity contribution in [2.75, 3.05) is 31.5 Å². The van der Waals surface area contributed by atoms with Crippen LogP contribution in [0.25, 0.3) is 0 Å². The minimum Gasteiger partial charge on any atom is -0.342 e. The SMILES string of the molecule is Cn1ccc(NC(=O)N2CCN(C=O)CC2)nc1=O. The quantitative estimate of drug-likeness (QED) is 0.701. The van der Waals surface area contributed by atoms with Crippen LogP contribution < -0.4 is 11.0 Å². The molecule has 1 fully saturated rings. The predicted octanol–water partition coefficient (Wildman–Crippen LogP) is -0.914. The number of nitrogens with one attached hydrogen (secondary N) is 1. The van der Waals surface area contributed by atoms with E-state index in [1.165, 1.54) is 10.8 Å². The van der Waals surface area contributed by atoms with E-state index in [0.29, 0.717) is 26.2 Å². The molecule has 8 heteroatoms. The Morgan fingerprint density at radius 3 is 2.63 bits per heavy atom. The Morgan fingerprint density at radius 1 is 1.37 bits per heavy atom. The van der Waals surface area contributed by atoms with E-state index in [2.05, 4.69) is 10.3 Å². The van der Waals surface area contributed by atoms with Crippen LogP contribution in [0.1, 0.15) is 0 Å². The largest absolute Gasteiger partial charge is 0.349 e. The van der Waals surface area contributed by atoms with Crippen LogP contribution in [-0.2, 0) is 11.8 Å². The Kier molecular flexibility index (Phi) is 3.79. The van der Waals surface area contributed by atoms with Gasteiger partial charge in [0.05, 0.1) is 0 Å². The van der Waals surface area contributed by atoms with Crippen LogP contribution in [0.15, 0.2) is 17.1 Å². The zero-order valence-electron chi connectivity index (χ0n) is 10.6. The van der Waals surface area contributed by atoms with Crippen molar-refractivity contribution in [1.82, 2.24) is 19.4 Å². The van der Waals surface area contributed by atoms with E-state index in [4.69, 9.17) is 0 Å². The molecule has 0 bridgehead atoms. The van der Waals surface area contributed by atoms with Crippen LogP contribution >= 0.6 is 0 Å². The van der Waals surface area contributed by atoms with E-state index in [0.717, 1.165) is 6.41 Å². The molecular formula is C11H15N5O3. The van der Waals surface area contributed by atoms with Crippen LogP contribution in [0.5, 0.6) is 0 Å². The van der Waals surface area contributed by atoms with Gasteiger partial charge in [0.1, 0.15) is 5.82 Å². The van der Waals surface area contributed by atoms with Gasteiger partial charge in [0, 0.05) is 39.4 Å². The van der Waals surface area contributed by atoms with Gasteiger partial charge >= 0.3 is 11.7 Å². The number of amides is 3. The minimum absolute atomic E-state index is 0.228. The van der Waals surface area contributed by atoms with Crippen molar-refractivity contribution in [3.63, 3.8) is 0 Å². The molecule has 0 spiro atoms. The van der Waals surface area contributed by atoms with E-state index >= 15 is 0 Å². The summed E-state index contributed by atoms with van der Waals surface area (Å²) in [4.78, 5) is 40.7. The summed E-state index contributed by atoms with van der Waals surface area (Å²) in [7, 11) is 1.58. The molecule has 1 saturated heterocycles. The molecule has 102 valence electrons. The summed E-state index contributed by atoms with van der Waals surface area (Å²) in [5, 5.41) is 2.57. The molecule has 8 nitrogen and oxygen atoms in total. The summed E-state index contributed by atoms with van der Waals surface area (Å²) in [5.74, 6) is 0.228.